The zero-order chi connectivity index (χ0) is 16.0. The minimum Gasteiger partial charge on any atom is -0.494 e. The fourth-order valence-corrected chi connectivity index (χ4v) is 2.52. The van der Waals surface area contributed by atoms with Gasteiger partial charge in [0.15, 0.2) is 0 Å². The lowest BCUT2D eigenvalue weighted by atomic mass is 10.1. The summed E-state index contributed by atoms with van der Waals surface area (Å²) in [6.07, 6.45) is 11.2. The molecule has 0 aliphatic heterocycles. The average Bonchev–Trinajstić information content (AvgIpc) is 2.54. The van der Waals surface area contributed by atoms with Crippen molar-refractivity contribution in [3.8, 4) is 5.75 Å². The van der Waals surface area contributed by atoms with Crippen LogP contribution in [-0.2, 0) is 6.42 Å². The van der Waals surface area contributed by atoms with E-state index in [1.165, 1.54) is 44.9 Å². The number of aliphatic hydroxyl groups excluding tert-OH is 1. The lowest BCUT2D eigenvalue weighted by Crippen LogP contribution is -2.26. The molecule has 134 valence electrons. The largest absolute Gasteiger partial charge is 0.494 e. The van der Waals surface area contributed by atoms with Crippen molar-refractivity contribution in [2.45, 2.75) is 70.8 Å². The van der Waals surface area contributed by atoms with E-state index >= 15 is 0 Å². The smallest absolute Gasteiger partial charge is 0.119 e. The number of hydrogen-bond acceptors (Lipinski definition) is 3. The van der Waals surface area contributed by atoms with E-state index in [-0.39, 0.29) is 25.1 Å². The number of rotatable bonds is 13. The number of unbranched alkanes of at least 4 members (excludes halogenated alkanes) is 7. The number of nitrogens with two attached hydrogens (primary N) is 1. The Morgan fingerprint density at radius 3 is 2.09 bits per heavy atom. The molecule has 0 aliphatic rings. The van der Waals surface area contributed by atoms with Crippen molar-refractivity contribution in [2.24, 2.45) is 5.73 Å². The first-order chi connectivity index (χ1) is 10.8. The lowest BCUT2D eigenvalue weighted by molar-refractivity contribution is 0.265. The van der Waals surface area contributed by atoms with E-state index in [0.717, 1.165) is 24.3 Å². The molecule has 0 bridgehead atoms. The molecule has 0 aliphatic carbocycles. The Kier molecular flexibility index (Phi) is 14.3. The van der Waals surface area contributed by atoms with Gasteiger partial charge in [0.05, 0.1) is 13.2 Å². The summed E-state index contributed by atoms with van der Waals surface area (Å²) in [5, 5.41) is 8.95. The number of halogens is 1. The number of aliphatic hydroxyl groups is 1. The molecule has 1 aromatic rings. The maximum atomic E-state index is 8.95. The third kappa shape index (κ3) is 11.4. The van der Waals surface area contributed by atoms with Gasteiger partial charge in [-0.3, -0.25) is 0 Å². The molecule has 0 saturated carbocycles. The third-order valence-corrected chi connectivity index (χ3v) is 3.92. The summed E-state index contributed by atoms with van der Waals surface area (Å²) in [7, 11) is 0. The van der Waals surface area contributed by atoms with E-state index in [1.54, 1.807) is 0 Å². The van der Waals surface area contributed by atoms with Gasteiger partial charge in [-0.05, 0) is 30.5 Å². The normalized spacial score (nSPS) is 11.8. The number of benzene rings is 1. The van der Waals surface area contributed by atoms with Crippen LogP contribution in [-0.4, -0.2) is 24.4 Å². The second-order valence-corrected chi connectivity index (χ2v) is 6.11. The molecule has 1 unspecified atom stereocenters. The van der Waals surface area contributed by atoms with Crippen LogP contribution in [0.4, 0.5) is 0 Å². The van der Waals surface area contributed by atoms with Gasteiger partial charge in [-0.15, -0.1) is 12.4 Å². The molecule has 4 heteroatoms. The standard InChI is InChI=1S/C19H33NO2.ClH/c1-2-3-4-5-6-7-8-9-14-22-19-12-10-17(11-13-19)15-18(20)16-21;/h10-13,18,21H,2-9,14-16,20H2,1H3;1H. The van der Waals surface area contributed by atoms with Gasteiger partial charge in [-0.2, -0.15) is 0 Å². The predicted molar refractivity (Wildman–Crippen MR) is 101 cm³/mol. The zero-order valence-electron chi connectivity index (χ0n) is 14.5. The fraction of sp³-hybridized carbons (Fsp3) is 0.684. The molecule has 0 radical (unpaired) electrons. The van der Waals surface area contributed by atoms with Crippen LogP contribution in [0.3, 0.4) is 0 Å². The van der Waals surface area contributed by atoms with Crippen LogP contribution in [0.15, 0.2) is 24.3 Å². The van der Waals surface area contributed by atoms with E-state index in [4.69, 9.17) is 15.6 Å². The first kappa shape index (κ1) is 22.2. The van der Waals surface area contributed by atoms with E-state index < -0.39 is 0 Å². The number of hydrogen-bond donors (Lipinski definition) is 2. The Morgan fingerprint density at radius 1 is 0.957 bits per heavy atom. The van der Waals surface area contributed by atoms with Gasteiger partial charge in [0.1, 0.15) is 5.75 Å². The minimum atomic E-state index is -0.177. The van der Waals surface area contributed by atoms with E-state index in [2.05, 4.69) is 6.92 Å². The summed E-state index contributed by atoms with van der Waals surface area (Å²) in [6, 6.07) is 7.86. The number of ether oxygens (including phenoxy) is 1. The fourth-order valence-electron chi connectivity index (χ4n) is 2.52. The Balaban J connectivity index is 0.00000484. The molecule has 0 amide bonds. The first-order valence-corrected chi connectivity index (χ1v) is 8.84. The molecule has 0 aromatic heterocycles. The van der Waals surface area contributed by atoms with Crippen molar-refractivity contribution >= 4 is 12.4 Å². The van der Waals surface area contributed by atoms with Crippen molar-refractivity contribution < 1.29 is 9.84 Å². The third-order valence-electron chi connectivity index (χ3n) is 3.92. The van der Waals surface area contributed by atoms with E-state index in [0.29, 0.717) is 6.42 Å². The summed E-state index contributed by atoms with van der Waals surface area (Å²) in [5.74, 6) is 0.921. The lowest BCUT2D eigenvalue weighted by Gasteiger charge is -2.10. The Labute approximate surface area is 148 Å². The van der Waals surface area contributed by atoms with Gasteiger partial charge < -0.3 is 15.6 Å². The van der Waals surface area contributed by atoms with Crippen LogP contribution >= 0.6 is 12.4 Å². The van der Waals surface area contributed by atoms with E-state index in [1.807, 2.05) is 24.3 Å². The maximum absolute atomic E-state index is 8.95. The highest BCUT2D eigenvalue weighted by atomic mass is 35.5. The molecule has 0 heterocycles. The predicted octanol–water partition coefficient (Wildman–Crippen LogP) is 4.49. The molecule has 3 nitrogen and oxygen atoms in total. The summed E-state index contributed by atoms with van der Waals surface area (Å²) in [4.78, 5) is 0. The maximum Gasteiger partial charge on any atom is 0.119 e. The van der Waals surface area contributed by atoms with Crippen molar-refractivity contribution in [3.63, 3.8) is 0 Å². The minimum absolute atomic E-state index is 0. The summed E-state index contributed by atoms with van der Waals surface area (Å²) in [6.45, 7) is 3.08. The van der Waals surface area contributed by atoms with Crippen molar-refractivity contribution in [1.82, 2.24) is 0 Å². The van der Waals surface area contributed by atoms with Crippen LogP contribution in [0.25, 0.3) is 0 Å². The first-order valence-electron chi connectivity index (χ1n) is 8.84. The van der Waals surface area contributed by atoms with Gasteiger partial charge in [-0.1, -0.05) is 64.0 Å². The molecule has 3 N–H and O–H groups in total. The summed E-state index contributed by atoms with van der Waals surface area (Å²) < 4.78 is 5.76. The molecular formula is C19H34ClNO2. The quantitative estimate of drug-likeness (QED) is 0.519. The topological polar surface area (TPSA) is 55.5 Å². The van der Waals surface area contributed by atoms with Crippen molar-refractivity contribution in [2.75, 3.05) is 13.2 Å². The van der Waals surface area contributed by atoms with E-state index in [9.17, 15) is 0 Å². The molecular weight excluding hydrogens is 310 g/mol. The van der Waals surface area contributed by atoms with Crippen LogP contribution in [0.2, 0.25) is 0 Å². The molecule has 0 saturated heterocycles. The van der Waals surface area contributed by atoms with Gasteiger partial charge in [0.25, 0.3) is 0 Å². The van der Waals surface area contributed by atoms with Crippen LogP contribution in [0.5, 0.6) is 5.75 Å². The Bertz CT molecular complexity index is 370. The Morgan fingerprint density at radius 2 is 1.52 bits per heavy atom. The van der Waals surface area contributed by atoms with Gasteiger partial charge in [-0.25, -0.2) is 0 Å². The molecule has 0 fully saturated rings. The van der Waals surface area contributed by atoms with Crippen LogP contribution in [0, 0.1) is 0 Å². The van der Waals surface area contributed by atoms with Crippen LogP contribution in [0.1, 0.15) is 63.9 Å². The van der Waals surface area contributed by atoms with Crippen molar-refractivity contribution in [3.05, 3.63) is 29.8 Å². The van der Waals surface area contributed by atoms with Gasteiger partial charge in [0.2, 0.25) is 0 Å². The second-order valence-electron chi connectivity index (χ2n) is 6.11. The van der Waals surface area contributed by atoms with Gasteiger partial charge >= 0.3 is 0 Å². The molecule has 1 aromatic carbocycles. The molecule has 23 heavy (non-hydrogen) atoms. The average molecular weight is 344 g/mol. The molecule has 0 spiro atoms. The summed E-state index contributed by atoms with van der Waals surface area (Å²) in [5.41, 5.74) is 6.87. The highest BCUT2D eigenvalue weighted by Gasteiger charge is 2.02. The highest BCUT2D eigenvalue weighted by molar-refractivity contribution is 5.85. The molecule has 1 rings (SSSR count). The zero-order valence-corrected chi connectivity index (χ0v) is 15.3. The highest BCUT2D eigenvalue weighted by Crippen LogP contribution is 2.14. The monoisotopic (exact) mass is 343 g/mol. The Hall–Kier alpha value is -0.770. The van der Waals surface area contributed by atoms with Crippen LogP contribution < -0.4 is 10.5 Å². The summed E-state index contributed by atoms with van der Waals surface area (Å²) >= 11 is 0. The molecule has 1 atom stereocenters. The van der Waals surface area contributed by atoms with Crippen molar-refractivity contribution in [1.29, 1.82) is 0 Å². The van der Waals surface area contributed by atoms with Gasteiger partial charge in [0, 0.05) is 6.04 Å². The SMILES string of the molecule is CCCCCCCCCCOc1ccc(CC(N)CO)cc1.Cl. The second kappa shape index (κ2) is 14.8.